The molecule has 1 aromatic rings. The summed E-state index contributed by atoms with van der Waals surface area (Å²) in [5, 5.41) is 13.4. The molecule has 4 nitrogen and oxygen atoms in total. The molecule has 0 aromatic heterocycles. The highest BCUT2D eigenvalue weighted by atomic mass is 16.3. The van der Waals surface area contributed by atoms with E-state index in [1.54, 1.807) is 18.2 Å². The van der Waals surface area contributed by atoms with Gasteiger partial charge in [-0.15, -0.1) is 0 Å². The van der Waals surface area contributed by atoms with Gasteiger partial charge in [-0.05, 0) is 62.3 Å². The topological polar surface area (TPSA) is 75.3 Å². The number of hydrogen-bond donors (Lipinski definition) is 3. The van der Waals surface area contributed by atoms with Gasteiger partial charge in [-0.2, -0.15) is 0 Å². The number of rotatable bonds is 4. The summed E-state index contributed by atoms with van der Waals surface area (Å²) in [5.74, 6) is 0.574. The first-order valence-electron chi connectivity index (χ1n) is 7.80. The summed E-state index contributed by atoms with van der Waals surface area (Å²) < 4.78 is 0. The molecule has 1 aliphatic carbocycles. The number of hydrogen-bond acceptors (Lipinski definition) is 3. The molecule has 116 valence electrons. The van der Waals surface area contributed by atoms with Crippen LogP contribution in [0, 0.1) is 12.8 Å². The molecule has 1 aromatic carbocycles. The number of amides is 1. The summed E-state index contributed by atoms with van der Waals surface area (Å²) in [6.45, 7) is 4.40. The zero-order valence-electron chi connectivity index (χ0n) is 13.0. The summed E-state index contributed by atoms with van der Waals surface area (Å²) in [6.07, 6.45) is 4.81. The second-order valence-corrected chi connectivity index (χ2v) is 6.33. The molecule has 0 atom stereocenters. The molecule has 1 fully saturated rings. The van der Waals surface area contributed by atoms with Crippen LogP contribution in [0.1, 0.15) is 54.9 Å². The maximum absolute atomic E-state index is 12.2. The van der Waals surface area contributed by atoms with Gasteiger partial charge in [0.15, 0.2) is 0 Å². The van der Waals surface area contributed by atoms with Crippen molar-refractivity contribution in [3.8, 4) is 0 Å². The zero-order chi connectivity index (χ0) is 15.5. The largest absolute Gasteiger partial charge is 0.399 e. The normalized spacial score (nSPS) is 25.6. The van der Waals surface area contributed by atoms with Crippen LogP contribution in [0.2, 0.25) is 0 Å². The Morgan fingerprint density at radius 1 is 1.43 bits per heavy atom. The SMILES string of the molecule is CCC1CCC(O)(CNC(=O)c2ccc(N)c(C)c2)CC1. The highest BCUT2D eigenvalue weighted by Crippen LogP contribution is 2.33. The van der Waals surface area contributed by atoms with Crippen molar-refractivity contribution in [2.75, 3.05) is 12.3 Å². The third kappa shape index (κ3) is 3.97. The third-order valence-electron chi connectivity index (χ3n) is 4.72. The van der Waals surface area contributed by atoms with Crippen molar-refractivity contribution >= 4 is 11.6 Å². The van der Waals surface area contributed by atoms with Crippen LogP contribution < -0.4 is 11.1 Å². The third-order valence-corrected chi connectivity index (χ3v) is 4.72. The summed E-state index contributed by atoms with van der Waals surface area (Å²) in [6, 6.07) is 5.24. The van der Waals surface area contributed by atoms with E-state index in [9.17, 15) is 9.90 Å². The molecule has 1 amide bonds. The van der Waals surface area contributed by atoms with E-state index >= 15 is 0 Å². The summed E-state index contributed by atoms with van der Waals surface area (Å²) in [4.78, 5) is 12.2. The zero-order valence-corrected chi connectivity index (χ0v) is 13.0. The van der Waals surface area contributed by atoms with Crippen molar-refractivity contribution in [3.05, 3.63) is 29.3 Å². The van der Waals surface area contributed by atoms with E-state index in [1.807, 2.05) is 6.92 Å². The van der Waals surface area contributed by atoms with Crippen LogP contribution in [0.3, 0.4) is 0 Å². The number of aliphatic hydroxyl groups is 1. The number of nitrogen functional groups attached to an aromatic ring is 1. The molecule has 1 saturated carbocycles. The van der Waals surface area contributed by atoms with Gasteiger partial charge in [0.25, 0.3) is 5.91 Å². The van der Waals surface area contributed by atoms with E-state index in [0.29, 0.717) is 17.8 Å². The molecule has 0 heterocycles. The van der Waals surface area contributed by atoms with Gasteiger partial charge >= 0.3 is 0 Å². The number of nitrogens with one attached hydrogen (secondary N) is 1. The number of carbonyl (C=O) groups is 1. The Hall–Kier alpha value is -1.55. The monoisotopic (exact) mass is 290 g/mol. The fourth-order valence-electron chi connectivity index (χ4n) is 2.96. The minimum absolute atomic E-state index is 0.149. The molecule has 21 heavy (non-hydrogen) atoms. The first-order chi connectivity index (χ1) is 9.93. The van der Waals surface area contributed by atoms with Crippen LogP contribution in [0.4, 0.5) is 5.69 Å². The Bertz CT molecular complexity index is 506. The minimum atomic E-state index is -0.746. The van der Waals surface area contributed by atoms with Crippen LogP contribution in [-0.4, -0.2) is 23.2 Å². The van der Waals surface area contributed by atoms with Crippen molar-refractivity contribution in [2.24, 2.45) is 5.92 Å². The van der Waals surface area contributed by atoms with E-state index in [1.165, 1.54) is 6.42 Å². The van der Waals surface area contributed by atoms with Crippen molar-refractivity contribution in [1.82, 2.24) is 5.32 Å². The lowest BCUT2D eigenvalue weighted by molar-refractivity contribution is -0.00786. The molecule has 0 spiro atoms. The minimum Gasteiger partial charge on any atom is -0.399 e. The lowest BCUT2D eigenvalue weighted by Gasteiger charge is -2.35. The van der Waals surface area contributed by atoms with Crippen molar-refractivity contribution in [3.63, 3.8) is 0 Å². The number of carbonyl (C=O) groups excluding carboxylic acids is 1. The van der Waals surface area contributed by atoms with Gasteiger partial charge in [0.2, 0.25) is 0 Å². The second kappa shape index (κ2) is 6.48. The molecule has 0 saturated heterocycles. The van der Waals surface area contributed by atoms with Crippen LogP contribution in [0.5, 0.6) is 0 Å². The van der Waals surface area contributed by atoms with E-state index in [2.05, 4.69) is 12.2 Å². The standard InChI is InChI=1S/C17H26N2O2/c1-3-13-6-8-17(21,9-7-13)11-19-16(20)14-4-5-15(18)12(2)10-14/h4-5,10,13,21H,3,6-9,11,18H2,1-2H3,(H,19,20). The van der Waals surface area contributed by atoms with Crippen LogP contribution >= 0.6 is 0 Å². The molecular weight excluding hydrogens is 264 g/mol. The fourth-order valence-corrected chi connectivity index (χ4v) is 2.96. The van der Waals surface area contributed by atoms with Gasteiger partial charge in [-0.25, -0.2) is 0 Å². The molecule has 1 aliphatic rings. The molecule has 0 aliphatic heterocycles. The van der Waals surface area contributed by atoms with Crippen LogP contribution in [-0.2, 0) is 0 Å². The van der Waals surface area contributed by atoms with Gasteiger partial charge in [-0.3, -0.25) is 4.79 Å². The first kappa shape index (κ1) is 15.8. The number of nitrogens with two attached hydrogens (primary N) is 1. The summed E-state index contributed by atoms with van der Waals surface area (Å²) >= 11 is 0. The number of benzene rings is 1. The van der Waals surface area contributed by atoms with Crippen molar-refractivity contribution < 1.29 is 9.90 Å². The van der Waals surface area contributed by atoms with E-state index in [4.69, 9.17) is 5.73 Å². The average molecular weight is 290 g/mol. The smallest absolute Gasteiger partial charge is 0.251 e. The van der Waals surface area contributed by atoms with Gasteiger partial charge in [0.05, 0.1) is 5.60 Å². The second-order valence-electron chi connectivity index (χ2n) is 6.33. The maximum Gasteiger partial charge on any atom is 0.251 e. The van der Waals surface area contributed by atoms with Crippen molar-refractivity contribution in [2.45, 2.75) is 51.6 Å². The number of aryl methyl sites for hydroxylation is 1. The Labute approximate surface area is 126 Å². The van der Waals surface area contributed by atoms with E-state index in [0.717, 1.165) is 37.2 Å². The first-order valence-corrected chi connectivity index (χ1v) is 7.80. The summed E-state index contributed by atoms with van der Waals surface area (Å²) in [5.41, 5.74) is 7.18. The highest BCUT2D eigenvalue weighted by molar-refractivity contribution is 5.94. The van der Waals surface area contributed by atoms with Crippen LogP contribution in [0.15, 0.2) is 18.2 Å². The molecule has 4 heteroatoms. The van der Waals surface area contributed by atoms with E-state index < -0.39 is 5.60 Å². The Morgan fingerprint density at radius 3 is 2.67 bits per heavy atom. The van der Waals surface area contributed by atoms with Gasteiger partial charge in [-0.1, -0.05) is 13.3 Å². The lowest BCUT2D eigenvalue weighted by atomic mass is 9.78. The molecule has 2 rings (SSSR count). The van der Waals surface area contributed by atoms with Crippen molar-refractivity contribution in [1.29, 1.82) is 0 Å². The number of anilines is 1. The van der Waals surface area contributed by atoms with Gasteiger partial charge < -0.3 is 16.2 Å². The maximum atomic E-state index is 12.2. The Morgan fingerprint density at radius 2 is 2.10 bits per heavy atom. The van der Waals surface area contributed by atoms with Crippen LogP contribution in [0.25, 0.3) is 0 Å². The summed E-state index contributed by atoms with van der Waals surface area (Å²) in [7, 11) is 0. The molecule has 0 unspecified atom stereocenters. The molecular formula is C17H26N2O2. The molecule has 0 radical (unpaired) electrons. The lowest BCUT2D eigenvalue weighted by Crippen LogP contribution is -2.45. The molecule has 4 N–H and O–H groups in total. The Kier molecular flexibility index (Phi) is 4.88. The fraction of sp³-hybridized carbons (Fsp3) is 0.588. The highest BCUT2D eigenvalue weighted by Gasteiger charge is 2.32. The average Bonchev–Trinajstić information content (AvgIpc) is 2.48. The Balaban J connectivity index is 1.90. The van der Waals surface area contributed by atoms with Gasteiger partial charge in [0.1, 0.15) is 0 Å². The quantitative estimate of drug-likeness (QED) is 0.746. The van der Waals surface area contributed by atoms with Gasteiger partial charge in [0, 0.05) is 17.8 Å². The van der Waals surface area contributed by atoms with E-state index in [-0.39, 0.29) is 5.91 Å². The molecule has 0 bridgehead atoms. The predicted octanol–water partition coefficient (Wildman–Crippen LogP) is 2.64. The predicted molar refractivity (Wildman–Crippen MR) is 85.1 cm³/mol.